The molecule has 3 aromatic carbocycles. The van der Waals surface area contributed by atoms with E-state index in [4.69, 9.17) is 9.47 Å². The number of alkyl halides is 6. The molecule has 0 saturated carbocycles. The molecule has 9 nitrogen and oxygen atoms in total. The molecule has 0 bridgehead atoms. The Bertz CT molecular complexity index is 1360. The molecule has 0 amide bonds. The number of carbonyl (C=O) groups excluding carboxylic acids is 1. The number of aldehydes is 1. The smallest absolute Gasteiger partial charge is 0.416 e. The van der Waals surface area contributed by atoms with Crippen molar-refractivity contribution in [2.75, 3.05) is 0 Å². The average Bonchev–Trinajstić information content (AvgIpc) is 2.78. The molecule has 0 heterocycles. The third-order valence-corrected chi connectivity index (χ3v) is 4.53. The van der Waals surface area contributed by atoms with Gasteiger partial charge in [-0.3, -0.25) is 25.0 Å². The molecule has 3 rings (SSSR count). The number of carbonyl (C=O) groups is 1. The van der Waals surface area contributed by atoms with Crippen molar-refractivity contribution in [3.63, 3.8) is 0 Å². The van der Waals surface area contributed by atoms with Crippen LogP contribution in [0.5, 0.6) is 23.0 Å². The second-order valence-corrected chi connectivity index (χ2v) is 6.90. The minimum absolute atomic E-state index is 0.224. The molecule has 0 aromatic heterocycles. The number of halogens is 6. The maximum atomic E-state index is 12.9. The van der Waals surface area contributed by atoms with Gasteiger partial charge in [-0.25, -0.2) is 0 Å². The van der Waals surface area contributed by atoms with Crippen molar-refractivity contribution in [1.82, 2.24) is 0 Å². The molecule has 0 unspecified atom stereocenters. The molecule has 0 spiro atoms. The fourth-order valence-electron chi connectivity index (χ4n) is 2.85. The van der Waals surface area contributed by atoms with Gasteiger partial charge in [0.1, 0.15) is 11.5 Å². The maximum Gasteiger partial charge on any atom is 0.416 e. The van der Waals surface area contributed by atoms with Crippen molar-refractivity contribution in [3.05, 3.63) is 91.5 Å². The van der Waals surface area contributed by atoms with Gasteiger partial charge in [0.2, 0.25) is 11.5 Å². The first kappa shape index (κ1) is 25.9. The summed E-state index contributed by atoms with van der Waals surface area (Å²) in [6.45, 7) is 0. The Hall–Kier alpha value is -4.69. The molecule has 188 valence electrons. The fourth-order valence-corrected chi connectivity index (χ4v) is 2.85. The molecule has 0 fully saturated rings. The summed E-state index contributed by atoms with van der Waals surface area (Å²) in [4.78, 5) is 31.6. The number of hydrogen-bond donors (Lipinski definition) is 0. The van der Waals surface area contributed by atoms with Crippen molar-refractivity contribution in [1.29, 1.82) is 0 Å². The monoisotopic (exact) mass is 516 g/mol. The van der Waals surface area contributed by atoms with Gasteiger partial charge in [-0.2, -0.15) is 26.3 Å². The molecule has 0 radical (unpaired) electrons. The van der Waals surface area contributed by atoms with E-state index in [0.29, 0.717) is 24.3 Å². The van der Waals surface area contributed by atoms with Crippen LogP contribution in [0.25, 0.3) is 0 Å². The first-order valence-corrected chi connectivity index (χ1v) is 9.37. The highest BCUT2D eigenvalue weighted by atomic mass is 19.4. The van der Waals surface area contributed by atoms with Gasteiger partial charge in [0, 0.05) is 18.2 Å². The Kier molecular flexibility index (Phi) is 6.85. The van der Waals surface area contributed by atoms with Crippen LogP contribution in [0.4, 0.5) is 37.7 Å². The summed E-state index contributed by atoms with van der Waals surface area (Å²) >= 11 is 0. The van der Waals surface area contributed by atoms with E-state index in [1.807, 2.05) is 0 Å². The standard InChI is InChI=1S/C21H10F6N2O7/c22-20(23,24)12-2-5-17(15(7-12)28(31)32)35-14-4-1-11(10-30)19(9-14)36-18-6-3-13(21(25,26)27)8-16(18)29(33)34/h1-10H. The van der Waals surface area contributed by atoms with Crippen LogP contribution in [0.2, 0.25) is 0 Å². The van der Waals surface area contributed by atoms with Gasteiger partial charge in [0.25, 0.3) is 0 Å². The molecule has 0 N–H and O–H groups in total. The van der Waals surface area contributed by atoms with Crippen LogP contribution in [0.1, 0.15) is 21.5 Å². The largest absolute Gasteiger partial charge is 0.450 e. The van der Waals surface area contributed by atoms with Crippen molar-refractivity contribution < 1.29 is 50.5 Å². The predicted octanol–water partition coefficient (Wildman–Crippen LogP) is 6.94. The minimum Gasteiger partial charge on any atom is -0.450 e. The fraction of sp³-hybridized carbons (Fsp3) is 0.0952. The minimum atomic E-state index is -4.89. The molecular formula is C21H10F6N2O7. The van der Waals surface area contributed by atoms with Crippen LogP contribution >= 0.6 is 0 Å². The third kappa shape index (κ3) is 5.68. The Morgan fingerprint density at radius 2 is 1.14 bits per heavy atom. The van der Waals surface area contributed by atoms with Crippen LogP contribution in [0, 0.1) is 20.2 Å². The van der Waals surface area contributed by atoms with Gasteiger partial charge in [-0.05, 0) is 36.4 Å². The summed E-state index contributed by atoms with van der Waals surface area (Å²) in [6, 6.07) is 5.94. The second-order valence-electron chi connectivity index (χ2n) is 6.90. The van der Waals surface area contributed by atoms with Gasteiger partial charge >= 0.3 is 23.7 Å². The van der Waals surface area contributed by atoms with Gasteiger partial charge in [-0.15, -0.1) is 0 Å². The van der Waals surface area contributed by atoms with Gasteiger partial charge < -0.3 is 9.47 Å². The lowest BCUT2D eigenvalue weighted by Crippen LogP contribution is -2.06. The van der Waals surface area contributed by atoms with E-state index in [1.54, 1.807) is 0 Å². The highest BCUT2D eigenvalue weighted by Crippen LogP contribution is 2.41. The number of ether oxygens (including phenoxy) is 2. The summed E-state index contributed by atoms with van der Waals surface area (Å²) in [5, 5.41) is 22.5. The number of benzene rings is 3. The Morgan fingerprint density at radius 1 is 0.667 bits per heavy atom. The van der Waals surface area contributed by atoms with E-state index >= 15 is 0 Å². The molecule has 3 aromatic rings. The average molecular weight is 516 g/mol. The molecule has 0 aliphatic carbocycles. The highest BCUT2D eigenvalue weighted by Gasteiger charge is 2.34. The number of nitrogens with zero attached hydrogens (tertiary/aromatic N) is 2. The molecular weight excluding hydrogens is 506 g/mol. The normalized spacial score (nSPS) is 11.6. The SMILES string of the molecule is O=Cc1ccc(Oc2ccc(C(F)(F)F)cc2[N+](=O)[O-])cc1Oc1ccc(C(F)(F)F)cc1[N+](=O)[O-]. The topological polar surface area (TPSA) is 122 Å². The maximum absolute atomic E-state index is 12.9. The summed E-state index contributed by atoms with van der Waals surface area (Å²) in [7, 11) is 0. The first-order valence-electron chi connectivity index (χ1n) is 9.37. The molecule has 0 atom stereocenters. The van der Waals surface area contributed by atoms with Crippen molar-refractivity contribution in [2.45, 2.75) is 12.4 Å². The zero-order chi connectivity index (χ0) is 26.8. The van der Waals surface area contributed by atoms with Crippen LogP contribution in [0.15, 0.2) is 54.6 Å². The zero-order valence-corrected chi connectivity index (χ0v) is 17.3. The van der Waals surface area contributed by atoms with Crippen molar-refractivity contribution in [2.24, 2.45) is 0 Å². The molecule has 0 aliphatic heterocycles. The van der Waals surface area contributed by atoms with Crippen LogP contribution < -0.4 is 9.47 Å². The summed E-state index contributed by atoms with van der Waals surface area (Å²) in [6.07, 6.45) is -9.51. The van der Waals surface area contributed by atoms with Gasteiger partial charge in [0.15, 0.2) is 6.29 Å². The van der Waals surface area contributed by atoms with E-state index in [9.17, 15) is 51.4 Å². The summed E-state index contributed by atoms with van der Waals surface area (Å²) < 4.78 is 88.0. The lowest BCUT2D eigenvalue weighted by atomic mass is 10.1. The molecule has 36 heavy (non-hydrogen) atoms. The lowest BCUT2D eigenvalue weighted by molar-refractivity contribution is -0.386. The summed E-state index contributed by atoms with van der Waals surface area (Å²) in [5.74, 6) is -2.03. The Balaban J connectivity index is 2.01. The molecule has 0 aliphatic rings. The van der Waals surface area contributed by atoms with E-state index < -0.39 is 61.9 Å². The molecule has 15 heteroatoms. The number of nitro benzene ring substituents is 2. The van der Waals surface area contributed by atoms with Gasteiger partial charge in [0.05, 0.1) is 26.5 Å². The van der Waals surface area contributed by atoms with E-state index in [0.717, 1.165) is 18.2 Å². The third-order valence-electron chi connectivity index (χ3n) is 4.53. The van der Waals surface area contributed by atoms with Crippen molar-refractivity contribution in [3.8, 4) is 23.0 Å². The van der Waals surface area contributed by atoms with Crippen LogP contribution in [-0.4, -0.2) is 16.1 Å². The Labute approximate surface area is 195 Å². The second kappa shape index (κ2) is 9.52. The van der Waals surface area contributed by atoms with Crippen LogP contribution in [0.3, 0.4) is 0 Å². The highest BCUT2D eigenvalue weighted by molar-refractivity contribution is 5.80. The quantitative estimate of drug-likeness (QED) is 0.144. The van der Waals surface area contributed by atoms with E-state index in [1.165, 1.54) is 0 Å². The van der Waals surface area contributed by atoms with Crippen LogP contribution in [-0.2, 0) is 12.4 Å². The number of nitro groups is 2. The first-order chi connectivity index (χ1) is 16.7. The van der Waals surface area contributed by atoms with E-state index in [-0.39, 0.29) is 29.7 Å². The Morgan fingerprint density at radius 3 is 1.56 bits per heavy atom. The zero-order valence-electron chi connectivity index (χ0n) is 17.3. The number of hydrogen-bond acceptors (Lipinski definition) is 7. The predicted molar refractivity (Wildman–Crippen MR) is 108 cm³/mol. The number of rotatable bonds is 7. The van der Waals surface area contributed by atoms with Crippen molar-refractivity contribution >= 4 is 17.7 Å². The lowest BCUT2D eigenvalue weighted by Gasteiger charge is -2.13. The van der Waals surface area contributed by atoms with Gasteiger partial charge in [-0.1, -0.05) is 0 Å². The molecule has 0 saturated heterocycles. The summed E-state index contributed by atoms with van der Waals surface area (Å²) in [5.41, 5.74) is -4.99. The van der Waals surface area contributed by atoms with E-state index in [2.05, 4.69) is 0 Å².